The molecule has 0 spiro atoms. The molecule has 3 heterocycles. The van der Waals surface area contributed by atoms with Gasteiger partial charge in [-0.15, -0.1) is 11.3 Å². The van der Waals surface area contributed by atoms with Crippen LogP contribution >= 0.6 is 11.3 Å². The molecule has 1 aliphatic rings. The highest BCUT2D eigenvalue weighted by Gasteiger charge is 2.17. The molecule has 4 heteroatoms. The van der Waals surface area contributed by atoms with Crippen molar-refractivity contribution in [3.63, 3.8) is 0 Å². The van der Waals surface area contributed by atoms with Crippen LogP contribution in [-0.4, -0.2) is 11.2 Å². The van der Waals surface area contributed by atoms with Gasteiger partial charge >= 0.3 is 0 Å². The van der Waals surface area contributed by atoms with Crippen molar-refractivity contribution in [1.29, 1.82) is 0 Å². The van der Waals surface area contributed by atoms with E-state index in [1.807, 2.05) is 35.8 Å². The van der Waals surface area contributed by atoms with Crippen LogP contribution < -0.4 is 5.73 Å². The largest absolute Gasteiger partial charge is 0.384 e. The molecule has 25 heavy (non-hydrogen) atoms. The van der Waals surface area contributed by atoms with Crippen LogP contribution in [0.3, 0.4) is 0 Å². The number of pyridine rings is 1. The van der Waals surface area contributed by atoms with E-state index in [-0.39, 0.29) is 0 Å². The van der Waals surface area contributed by atoms with Crippen molar-refractivity contribution in [2.75, 3.05) is 5.73 Å². The van der Waals surface area contributed by atoms with Gasteiger partial charge in [-0.3, -0.25) is 4.99 Å². The average Bonchev–Trinajstić information content (AvgIpc) is 3.27. The van der Waals surface area contributed by atoms with Crippen LogP contribution in [0.25, 0.3) is 31.8 Å². The summed E-state index contributed by atoms with van der Waals surface area (Å²) in [5, 5.41) is 1.28. The fraction of sp³-hybridized carbons (Fsp3) is 0.0476. The molecular formula is C21H15N3S. The first kappa shape index (κ1) is 14.4. The van der Waals surface area contributed by atoms with Gasteiger partial charge in [-0.1, -0.05) is 24.3 Å². The zero-order valence-corrected chi connectivity index (χ0v) is 14.3. The highest BCUT2D eigenvalue weighted by Crippen LogP contribution is 2.39. The predicted molar refractivity (Wildman–Crippen MR) is 106 cm³/mol. The molecule has 0 bridgehead atoms. The number of nitrogens with zero attached hydrogens (tertiary/aromatic N) is 2. The lowest BCUT2D eigenvalue weighted by molar-refractivity contribution is 1.11. The second-order valence-corrected chi connectivity index (χ2v) is 7.24. The van der Waals surface area contributed by atoms with Crippen LogP contribution in [0.15, 0.2) is 65.7 Å². The van der Waals surface area contributed by atoms with E-state index in [4.69, 9.17) is 5.73 Å². The minimum absolute atomic E-state index is 0.537. The van der Waals surface area contributed by atoms with Crippen molar-refractivity contribution in [1.82, 2.24) is 4.98 Å². The van der Waals surface area contributed by atoms with Crippen molar-refractivity contribution >= 4 is 33.5 Å². The van der Waals surface area contributed by atoms with Gasteiger partial charge in [-0.2, -0.15) is 0 Å². The van der Waals surface area contributed by atoms with Gasteiger partial charge in [0.05, 0.1) is 12.2 Å². The standard InChI is InChI=1S/C21H15N3S/c22-21-7-3-5-18(24-21)14-8-15-11-23-12-17(15)16(9-14)20-10-13-4-1-2-6-19(13)25-20/h1-11H,12H2,(H2,22,24). The van der Waals surface area contributed by atoms with Crippen LogP contribution in [0.2, 0.25) is 0 Å². The number of aromatic nitrogens is 1. The van der Waals surface area contributed by atoms with Crippen LogP contribution in [0.5, 0.6) is 0 Å². The summed E-state index contributed by atoms with van der Waals surface area (Å²) in [6.07, 6.45) is 1.96. The highest BCUT2D eigenvalue weighted by atomic mass is 32.1. The summed E-state index contributed by atoms with van der Waals surface area (Å²) < 4.78 is 1.30. The molecule has 3 nitrogen and oxygen atoms in total. The molecule has 2 N–H and O–H groups in total. The van der Waals surface area contributed by atoms with Crippen molar-refractivity contribution in [3.05, 3.63) is 71.8 Å². The van der Waals surface area contributed by atoms with Gasteiger partial charge in [0.25, 0.3) is 0 Å². The molecule has 0 saturated heterocycles. The first-order chi connectivity index (χ1) is 12.3. The van der Waals surface area contributed by atoms with Crippen molar-refractivity contribution in [3.8, 4) is 21.7 Å². The fourth-order valence-corrected chi connectivity index (χ4v) is 4.42. The van der Waals surface area contributed by atoms with Crippen LogP contribution in [-0.2, 0) is 6.54 Å². The Morgan fingerprint density at radius 3 is 2.76 bits per heavy atom. The van der Waals surface area contributed by atoms with Crippen LogP contribution in [0.1, 0.15) is 11.1 Å². The summed E-state index contributed by atoms with van der Waals surface area (Å²) in [5.41, 5.74) is 11.6. The third-order valence-corrected chi connectivity index (χ3v) is 5.67. The lowest BCUT2D eigenvalue weighted by atomic mass is 9.96. The number of hydrogen-bond acceptors (Lipinski definition) is 4. The average molecular weight is 341 g/mol. The normalized spacial score (nSPS) is 12.6. The third kappa shape index (κ3) is 2.42. The highest BCUT2D eigenvalue weighted by molar-refractivity contribution is 7.22. The van der Waals surface area contributed by atoms with Crippen molar-refractivity contribution in [2.24, 2.45) is 4.99 Å². The topological polar surface area (TPSA) is 51.3 Å². The van der Waals surface area contributed by atoms with Gasteiger partial charge in [0.1, 0.15) is 5.82 Å². The molecular weight excluding hydrogens is 326 g/mol. The van der Waals surface area contributed by atoms with Crippen molar-refractivity contribution < 1.29 is 0 Å². The number of thiophene rings is 1. The summed E-state index contributed by atoms with van der Waals surface area (Å²) in [6, 6.07) is 20.9. The lowest BCUT2D eigenvalue weighted by Gasteiger charge is -2.10. The summed E-state index contributed by atoms with van der Waals surface area (Å²) >= 11 is 1.82. The Balaban J connectivity index is 1.74. The molecule has 0 amide bonds. The van der Waals surface area contributed by atoms with Gasteiger partial charge < -0.3 is 5.73 Å². The second kappa shape index (κ2) is 5.53. The molecule has 0 unspecified atom stereocenters. The summed E-state index contributed by atoms with van der Waals surface area (Å²) in [5.74, 6) is 0.537. The van der Waals surface area contributed by atoms with E-state index in [1.165, 1.54) is 31.7 Å². The molecule has 2 aromatic heterocycles. The summed E-state index contributed by atoms with van der Waals surface area (Å²) in [4.78, 5) is 10.2. The predicted octanol–water partition coefficient (Wildman–Crippen LogP) is 5.15. The van der Waals surface area contributed by atoms with Gasteiger partial charge in [0.2, 0.25) is 0 Å². The number of rotatable bonds is 2. The molecule has 0 saturated carbocycles. The second-order valence-electron chi connectivity index (χ2n) is 6.16. The van der Waals surface area contributed by atoms with Crippen LogP contribution in [0, 0.1) is 0 Å². The summed E-state index contributed by atoms with van der Waals surface area (Å²) in [7, 11) is 0. The SMILES string of the molecule is Nc1cccc(-c2cc3c(c(-c4cc5ccccc5s4)c2)CN=C3)n1. The Bertz CT molecular complexity index is 1110. The molecule has 0 fully saturated rings. The quantitative estimate of drug-likeness (QED) is 0.548. The number of nitrogens with two attached hydrogens (primary N) is 1. The molecule has 0 radical (unpaired) electrons. The first-order valence-corrected chi connectivity index (χ1v) is 8.98. The van der Waals surface area contributed by atoms with Crippen molar-refractivity contribution in [2.45, 2.75) is 6.54 Å². The lowest BCUT2D eigenvalue weighted by Crippen LogP contribution is -1.95. The minimum atomic E-state index is 0.537. The fourth-order valence-electron chi connectivity index (χ4n) is 3.32. The smallest absolute Gasteiger partial charge is 0.124 e. The van der Waals surface area contributed by atoms with Gasteiger partial charge in [-0.25, -0.2) is 4.98 Å². The van der Waals surface area contributed by atoms with Gasteiger partial charge in [0, 0.05) is 21.4 Å². The van der Waals surface area contributed by atoms with E-state index in [9.17, 15) is 0 Å². The van der Waals surface area contributed by atoms with Gasteiger partial charge in [-0.05, 0) is 58.5 Å². The Kier molecular flexibility index (Phi) is 3.18. The number of fused-ring (bicyclic) bond motifs is 2. The first-order valence-electron chi connectivity index (χ1n) is 8.16. The minimum Gasteiger partial charge on any atom is -0.384 e. The zero-order chi connectivity index (χ0) is 16.8. The number of anilines is 1. The Morgan fingerprint density at radius 1 is 0.960 bits per heavy atom. The molecule has 5 rings (SSSR count). The number of hydrogen-bond donors (Lipinski definition) is 1. The number of benzene rings is 2. The maximum atomic E-state index is 5.87. The number of aliphatic imine (C=N–C) groups is 1. The van der Waals surface area contributed by atoms with Gasteiger partial charge in [0.15, 0.2) is 0 Å². The van der Waals surface area contributed by atoms with E-state index < -0.39 is 0 Å². The van der Waals surface area contributed by atoms with E-state index in [0.717, 1.165) is 17.8 Å². The van der Waals surface area contributed by atoms with E-state index in [0.29, 0.717) is 5.82 Å². The Labute approximate surface area is 149 Å². The third-order valence-electron chi connectivity index (χ3n) is 4.52. The Morgan fingerprint density at radius 2 is 1.88 bits per heavy atom. The van der Waals surface area contributed by atoms with E-state index >= 15 is 0 Å². The Hall–Kier alpha value is -2.98. The molecule has 4 aromatic rings. The maximum Gasteiger partial charge on any atom is 0.124 e. The number of nitrogen functional groups attached to an aromatic ring is 1. The molecule has 0 aliphatic carbocycles. The van der Waals surface area contributed by atoms with E-state index in [2.05, 4.69) is 52.4 Å². The molecule has 0 atom stereocenters. The maximum absolute atomic E-state index is 5.87. The molecule has 1 aliphatic heterocycles. The molecule has 2 aromatic carbocycles. The van der Waals surface area contributed by atoms with Crippen LogP contribution in [0.4, 0.5) is 5.82 Å². The zero-order valence-electron chi connectivity index (χ0n) is 13.4. The monoisotopic (exact) mass is 341 g/mol. The van der Waals surface area contributed by atoms with E-state index in [1.54, 1.807) is 0 Å². The summed E-state index contributed by atoms with van der Waals surface area (Å²) in [6.45, 7) is 0.740. The molecule has 120 valence electrons.